The Morgan fingerprint density at radius 1 is 1.16 bits per heavy atom. The Bertz CT molecular complexity index is 477. The molecule has 0 amide bonds. The first-order valence-corrected chi connectivity index (χ1v) is 8.19. The van der Waals surface area contributed by atoms with Gasteiger partial charge >= 0.3 is 0 Å². The zero-order chi connectivity index (χ0) is 13.7. The Kier molecular flexibility index (Phi) is 4.96. The van der Waals surface area contributed by atoms with Gasteiger partial charge in [-0.3, -0.25) is 4.55 Å². The van der Waals surface area contributed by atoms with Crippen molar-refractivity contribution in [1.82, 2.24) is 0 Å². The van der Waals surface area contributed by atoms with Crippen LogP contribution < -0.4 is 0 Å². The highest BCUT2D eigenvalue weighted by Crippen LogP contribution is 2.30. The van der Waals surface area contributed by atoms with E-state index >= 15 is 0 Å². The van der Waals surface area contributed by atoms with Crippen LogP contribution in [-0.2, 0) is 21.5 Å². The average molecular weight is 284 g/mol. The summed E-state index contributed by atoms with van der Waals surface area (Å²) in [5, 5.41) is 0. The fraction of sp³-hybridized carbons (Fsp3) is 0.571. The van der Waals surface area contributed by atoms with Gasteiger partial charge in [0.2, 0.25) is 0 Å². The van der Waals surface area contributed by atoms with E-state index in [-0.39, 0.29) is 12.5 Å². The van der Waals surface area contributed by atoms with Gasteiger partial charge in [0.1, 0.15) is 0 Å². The van der Waals surface area contributed by atoms with E-state index in [0.29, 0.717) is 0 Å². The summed E-state index contributed by atoms with van der Waals surface area (Å²) >= 11 is 0. The third-order valence-electron chi connectivity index (χ3n) is 3.59. The molecular weight excluding hydrogens is 264 g/mol. The highest BCUT2D eigenvalue weighted by atomic mass is 32.2. The lowest BCUT2D eigenvalue weighted by Gasteiger charge is -2.28. The smallest absolute Gasteiger partial charge is 0.292 e. The molecule has 4 nitrogen and oxygen atoms in total. The Labute approximate surface area is 114 Å². The van der Waals surface area contributed by atoms with Gasteiger partial charge in [-0.25, -0.2) is 0 Å². The van der Waals surface area contributed by atoms with Gasteiger partial charge in [-0.05, 0) is 18.4 Å². The Morgan fingerprint density at radius 3 is 2.37 bits per heavy atom. The zero-order valence-corrected chi connectivity index (χ0v) is 11.7. The highest BCUT2D eigenvalue weighted by Gasteiger charge is 2.33. The number of hydrogen-bond acceptors (Lipinski definition) is 3. The topological polar surface area (TPSA) is 63.6 Å². The van der Waals surface area contributed by atoms with E-state index in [2.05, 4.69) is 0 Å². The second kappa shape index (κ2) is 6.50. The molecule has 0 spiro atoms. The minimum atomic E-state index is -4.16. The molecule has 1 aliphatic rings. The van der Waals surface area contributed by atoms with Gasteiger partial charge in [0.25, 0.3) is 10.1 Å². The summed E-state index contributed by atoms with van der Waals surface area (Å²) < 4.78 is 37.8. The van der Waals surface area contributed by atoms with Gasteiger partial charge in [0, 0.05) is 5.92 Å². The predicted molar refractivity (Wildman–Crippen MR) is 73.1 cm³/mol. The number of benzene rings is 1. The summed E-state index contributed by atoms with van der Waals surface area (Å²) in [6.07, 6.45) is 4.75. The second-order valence-electron chi connectivity index (χ2n) is 5.08. The predicted octanol–water partition coefficient (Wildman–Crippen LogP) is 3.00. The van der Waals surface area contributed by atoms with Crippen molar-refractivity contribution in [2.75, 3.05) is 0 Å². The van der Waals surface area contributed by atoms with E-state index in [4.69, 9.17) is 4.74 Å². The van der Waals surface area contributed by atoms with E-state index in [9.17, 15) is 13.0 Å². The van der Waals surface area contributed by atoms with Crippen LogP contribution in [0.1, 0.15) is 37.7 Å². The van der Waals surface area contributed by atoms with E-state index < -0.39 is 15.6 Å². The molecule has 0 aromatic heterocycles. The van der Waals surface area contributed by atoms with Crippen LogP contribution in [0, 0.1) is 5.92 Å². The largest absolute Gasteiger partial charge is 0.355 e. The molecule has 0 saturated heterocycles. The third-order valence-corrected chi connectivity index (χ3v) is 4.69. The molecule has 1 fully saturated rings. The molecule has 1 aliphatic carbocycles. The van der Waals surface area contributed by atoms with E-state index in [1.54, 1.807) is 0 Å². The molecule has 1 N–H and O–H groups in total. The molecule has 1 aromatic rings. The molecule has 5 heteroatoms. The molecule has 0 radical (unpaired) electrons. The van der Waals surface area contributed by atoms with Crippen LogP contribution in [0.4, 0.5) is 0 Å². The maximum atomic E-state index is 11.5. The number of ether oxygens (including phenoxy) is 1. The highest BCUT2D eigenvalue weighted by molar-refractivity contribution is 7.86. The van der Waals surface area contributed by atoms with Crippen molar-refractivity contribution < 1.29 is 17.7 Å². The van der Waals surface area contributed by atoms with Gasteiger partial charge in [0.05, 0.1) is 6.61 Å². The van der Waals surface area contributed by atoms with Crippen LogP contribution in [0.3, 0.4) is 0 Å². The quantitative estimate of drug-likeness (QED) is 0.844. The van der Waals surface area contributed by atoms with E-state index in [0.717, 1.165) is 37.7 Å². The first-order chi connectivity index (χ1) is 9.07. The van der Waals surface area contributed by atoms with Gasteiger partial charge in [0.15, 0.2) is 5.44 Å². The molecule has 1 unspecified atom stereocenters. The fourth-order valence-corrected chi connectivity index (χ4v) is 3.62. The summed E-state index contributed by atoms with van der Waals surface area (Å²) in [5.74, 6) is -0.0903. The minimum absolute atomic E-state index is 0.0903. The Hall–Kier alpha value is -0.910. The van der Waals surface area contributed by atoms with Crippen LogP contribution in [0.25, 0.3) is 0 Å². The normalized spacial score (nSPS) is 19.2. The van der Waals surface area contributed by atoms with Crippen molar-refractivity contribution in [1.29, 1.82) is 0 Å². The van der Waals surface area contributed by atoms with Gasteiger partial charge < -0.3 is 4.74 Å². The molecule has 2 rings (SSSR count). The summed E-state index contributed by atoms with van der Waals surface area (Å²) in [6, 6.07) is 9.40. The van der Waals surface area contributed by atoms with E-state index in [1.165, 1.54) is 0 Å². The summed E-state index contributed by atoms with van der Waals surface area (Å²) in [6.45, 7) is 0.210. The van der Waals surface area contributed by atoms with Crippen molar-refractivity contribution in [2.45, 2.75) is 44.1 Å². The van der Waals surface area contributed by atoms with Crippen molar-refractivity contribution in [3.63, 3.8) is 0 Å². The number of hydrogen-bond donors (Lipinski definition) is 1. The maximum absolute atomic E-state index is 11.5. The molecule has 0 heterocycles. The Morgan fingerprint density at radius 2 is 1.79 bits per heavy atom. The molecule has 1 aromatic carbocycles. The molecule has 1 saturated carbocycles. The number of rotatable bonds is 5. The molecular formula is C14H20O4S. The van der Waals surface area contributed by atoms with Crippen LogP contribution >= 0.6 is 0 Å². The van der Waals surface area contributed by atoms with Crippen LogP contribution in [-0.4, -0.2) is 18.4 Å². The van der Waals surface area contributed by atoms with Gasteiger partial charge in [-0.2, -0.15) is 8.42 Å². The fourth-order valence-electron chi connectivity index (χ4n) is 2.62. The summed E-state index contributed by atoms with van der Waals surface area (Å²) in [7, 11) is -4.16. The molecule has 106 valence electrons. The van der Waals surface area contributed by atoms with Crippen LogP contribution in [0.5, 0.6) is 0 Å². The average Bonchev–Trinajstić information content (AvgIpc) is 2.40. The van der Waals surface area contributed by atoms with Crippen molar-refractivity contribution in [3.8, 4) is 0 Å². The molecule has 19 heavy (non-hydrogen) atoms. The third kappa shape index (κ3) is 4.30. The maximum Gasteiger partial charge on any atom is 0.292 e. The minimum Gasteiger partial charge on any atom is -0.355 e. The summed E-state index contributed by atoms with van der Waals surface area (Å²) in [4.78, 5) is 0. The molecule has 0 aliphatic heterocycles. The summed E-state index contributed by atoms with van der Waals surface area (Å²) in [5.41, 5.74) is -0.181. The SMILES string of the molecule is O=S(=O)(O)C(OCc1ccccc1)C1CCCCC1. The first kappa shape index (κ1) is 14.5. The van der Waals surface area contributed by atoms with Crippen molar-refractivity contribution in [3.05, 3.63) is 35.9 Å². The zero-order valence-electron chi connectivity index (χ0n) is 10.9. The van der Waals surface area contributed by atoms with Crippen LogP contribution in [0.15, 0.2) is 30.3 Å². The molecule has 1 atom stereocenters. The second-order valence-corrected chi connectivity index (χ2v) is 6.57. The Balaban J connectivity index is 2.02. The lowest BCUT2D eigenvalue weighted by Crippen LogP contribution is -2.33. The van der Waals surface area contributed by atoms with Gasteiger partial charge in [-0.1, -0.05) is 49.6 Å². The van der Waals surface area contributed by atoms with E-state index in [1.807, 2.05) is 30.3 Å². The van der Waals surface area contributed by atoms with Crippen molar-refractivity contribution >= 4 is 10.1 Å². The first-order valence-electron chi connectivity index (χ1n) is 6.69. The lowest BCUT2D eigenvalue weighted by atomic mass is 9.90. The van der Waals surface area contributed by atoms with Crippen LogP contribution in [0.2, 0.25) is 0 Å². The van der Waals surface area contributed by atoms with Gasteiger partial charge in [-0.15, -0.1) is 0 Å². The molecule has 0 bridgehead atoms. The standard InChI is InChI=1S/C14H20O4S/c15-19(16,17)14(13-9-5-2-6-10-13)18-11-12-7-3-1-4-8-12/h1,3-4,7-8,13-14H,2,5-6,9-11H2,(H,15,16,17). The lowest BCUT2D eigenvalue weighted by molar-refractivity contribution is 0.0363. The monoisotopic (exact) mass is 284 g/mol. The van der Waals surface area contributed by atoms with Crippen molar-refractivity contribution in [2.24, 2.45) is 5.92 Å².